The Morgan fingerprint density at radius 2 is 2.00 bits per heavy atom. The average Bonchev–Trinajstić information content (AvgIpc) is 3.15. The predicted octanol–water partition coefficient (Wildman–Crippen LogP) is 2.24. The topological polar surface area (TPSA) is 63.6 Å². The summed E-state index contributed by atoms with van der Waals surface area (Å²) in [6, 6.07) is 7.73. The zero-order chi connectivity index (χ0) is 14.6. The van der Waals surface area contributed by atoms with Crippen molar-refractivity contribution in [1.29, 1.82) is 0 Å². The van der Waals surface area contributed by atoms with E-state index < -0.39 is 16.8 Å². The normalized spacial score (nSPS) is 17.4. The molecule has 0 bridgehead atoms. The summed E-state index contributed by atoms with van der Waals surface area (Å²) in [6.45, 7) is 0. The summed E-state index contributed by atoms with van der Waals surface area (Å²) in [5.74, 6) is 1.14. The van der Waals surface area contributed by atoms with Gasteiger partial charge in [-0.1, -0.05) is 12.1 Å². The molecule has 5 heteroatoms. The molecule has 110 valence electrons. The van der Waals surface area contributed by atoms with Gasteiger partial charge in [-0.3, -0.25) is 9.00 Å². The molecule has 1 aromatic rings. The lowest BCUT2D eigenvalue weighted by atomic mass is 10.1. The Labute approximate surface area is 121 Å². The molecule has 0 spiro atoms. The fourth-order valence-corrected chi connectivity index (χ4v) is 3.99. The molecule has 0 aliphatic heterocycles. The van der Waals surface area contributed by atoms with E-state index in [-0.39, 0.29) is 11.8 Å². The molecule has 0 saturated heterocycles. The predicted molar refractivity (Wildman–Crippen MR) is 78.5 cm³/mol. The highest BCUT2D eigenvalue weighted by molar-refractivity contribution is 7.85. The second-order valence-corrected chi connectivity index (χ2v) is 7.03. The molecule has 1 aliphatic rings. The number of carboxylic acids is 1. The highest BCUT2D eigenvalue weighted by Crippen LogP contribution is 2.49. The minimum atomic E-state index is -0.946. The van der Waals surface area contributed by atoms with Crippen LogP contribution in [-0.2, 0) is 22.0 Å². The van der Waals surface area contributed by atoms with Crippen molar-refractivity contribution in [3.63, 3.8) is 0 Å². The SMILES string of the molecule is COc1ccc(CCS(=O)CC2(CC(=O)O)CC2)cc1. The Morgan fingerprint density at radius 3 is 2.50 bits per heavy atom. The fraction of sp³-hybridized carbons (Fsp3) is 0.533. The molecule has 4 nitrogen and oxygen atoms in total. The quantitative estimate of drug-likeness (QED) is 0.799. The van der Waals surface area contributed by atoms with E-state index in [2.05, 4.69) is 0 Å². The first-order valence-corrected chi connectivity index (χ1v) is 8.21. The first-order chi connectivity index (χ1) is 9.53. The number of hydrogen-bond donors (Lipinski definition) is 1. The van der Waals surface area contributed by atoms with Crippen molar-refractivity contribution in [3.8, 4) is 5.75 Å². The van der Waals surface area contributed by atoms with Crippen LogP contribution in [0.3, 0.4) is 0 Å². The van der Waals surface area contributed by atoms with E-state index >= 15 is 0 Å². The smallest absolute Gasteiger partial charge is 0.303 e. The molecule has 0 heterocycles. The van der Waals surface area contributed by atoms with E-state index in [1.54, 1.807) is 7.11 Å². The van der Waals surface area contributed by atoms with Crippen LogP contribution in [-0.4, -0.2) is 33.9 Å². The maximum atomic E-state index is 12.1. The Hall–Kier alpha value is -1.36. The van der Waals surface area contributed by atoms with Gasteiger partial charge < -0.3 is 9.84 Å². The Balaban J connectivity index is 1.78. The summed E-state index contributed by atoms with van der Waals surface area (Å²) >= 11 is 0. The van der Waals surface area contributed by atoms with Crippen molar-refractivity contribution >= 4 is 16.8 Å². The number of hydrogen-bond acceptors (Lipinski definition) is 3. The van der Waals surface area contributed by atoms with E-state index in [0.29, 0.717) is 11.5 Å². The third-order valence-electron chi connectivity index (χ3n) is 3.73. The molecule has 1 aliphatic carbocycles. The standard InChI is InChI=1S/C15H20O4S/c1-19-13-4-2-12(3-5-13)6-9-20(18)11-15(7-8-15)10-14(16)17/h2-5H,6-11H2,1H3,(H,16,17). The molecule has 1 N–H and O–H groups in total. The van der Waals surface area contributed by atoms with Gasteiger partial charge in [-0.25, -0.2) is 0 Å². The molecular weight excluding hydrogens is 276 g/mol. The number of carbonyl (C=O) groups is 1. The van der Waals surface area contributed by atoms with E-state index in [9.17, 15) is 9.00 Å². The number of rotatable bonds is 8. The number of aryl methyl sites for hydroxylation is 1. The lowest BCUT2D eigenvalue weighted by Crippen LogP contribution is -2.18. The highest BCUT2D eigenvalue weighted by Gasteiger charge is 2.45. The van der Waals surface area contributed by atoms with Gasteiger partial charge >= 0.3 is 5.97 Å². The van der Waals surface area contributed by atoms with Crippen LogP contribution in [0, 0.1) is 5.41 Å². The number of carboxylic acid groups (broad SMARTS) is 1. The maximum absolute atomic E-state index is 12.1. The summed E-state index contributed by atoms with van der Waals surface area (Å²) in [5.41, 5.74) is 0.943. The van der Waals surface area contributed by atoms with Crippen LogP contribution in [0.15, 0.2) is 24.3 Å². The number of ether oxygens (including phenoxy) is 1. The summed E-state index contributed by atoms with van der Waals surface area (Å²) in [4.78, 5) is 10.8. The lowest BCUT2D eigenvalue weighted by Gasteiger charge is -2.11. The van der Waals surface area contributed by atoms with Crippen LogP contribution in [0.25, 0.3) is 0 Å². The fourth-order valence-electron chi connectivity index (χ4n) is 2.31. The monoisotopic (exact) mass is 296 g/mol. The number of methoxy groups -OCH3 is 1. The maximum Gasteiger partial charge on any atom is 0.303 e. The van der Waals surface area contributed by atoms with Crippen LogP contribution in [0.1, 0.15) is 24.8 Å². The van der Waals surface area contributed by atoms with Gasteiger partial charge in [-0.2, -0.15) is 0 Å². The first kappa shape index (κ1) is 15.0. The largest absolute Gasteiger partial charge is 0.497 e. The molecule has 0 radical (unpaired) electrons. The lowest BCUT2D eigenvalue weighted by molar-refractivity contribution is -0.138. The third-order valence-corrected chi connectivity index (χ3v) is 5.32. The second kappa shape index (κ2) is 6.39. The van der Waals surface area contributed by atoms with Crippen LogP contribution < -0.4 is 4.74 Å². The van der Waals surface area contributed by atoms with Gasteiger partial charge in [0.1, 0.15) is 5.75 Å². The molecule has 1 aromatic carbocycles. The van der Waals surface area contributed by atoms with Gasteiger partial charge in [0.25, 0.3) is 0 Å². The van der Waals surface area contributed by atoms with E-state index in [4.69, 9.17) is 9.84 Å². The average molecular weight is 296 g/mol. The molecule has 1 unspecified atom stereocenters. The summed E-state index contributed by atoms with van der Waals surface area (Å²) in [6.07, 6.45) is 2.70. The Kier molecular flexibility index (Phi) is 4.81. The zero-order valence-electron chi connectivity index (χ0n) is 11.6. The highest BCUT2D eigenvalue weighted by atomic mass is 32.2. The van der Waals surface area contributed by atoms with Gasteiger partial charge in [0.2, 0.25) is 0 Å². The van der Waals surface area contributed by atoms with E-state index in [1.807, 2.05) is 24.3 Å². The Bertz CT molecular complexity index is 491. The van der Waals surface area contributed by atoms with Crippen LogP contribution >= 0.6 is 0 Å². The zero-order valence-corrected chi connectivity index (χ0v) is 12.4. The number of aliphatic carboxylic acids is 1. The van der Waals surface area contributed by atoms with E-state index in [1.165, 1.54) is 0 Å². The van der Waals surface area contributed by atoms with Gasteiger partial charge in [0.05, 0.1) is 13.5 Å². The van der Waals surface area contributed by atoms with Crippen LogP contribution in [0.4, 0.5) is 0 Å². The van der Waals surface area contributed by atoms with Crippen LogP contribution in [0.2, 0.25) is 0 Å². The van der Waals surface area contributed by atoms with Crippen molar-refractivity contribution in [2.24, 2.45) is 5.41 Å². The Morgan fingerprint density at radius 1 is 1.35 bits per heavy atom. The summed E-state index contributed by atoms with van der Waals surface area (Å²) in [5, 5.41) is 8.85. The molecule has 2 rings (SSSR count). The minimum absolute atomic E-state index is 0.154. The molecule has 0 aromatic heterocycles. The van der Waals surface area contributed by atoms with Crippen molar-refractivity contribution in [1.82, 2.24) is 0 Å². The molecular formula is C15H20O4S. The van der Waals surface area contributed by atoms with Crippen molar-refractivity contribution in [2.45, 2.75) is 25.7 Å². The first-order valence-electron chi connectivity index (χ1n) is 6.73. The summed E-state index contributed by atoms with van der Waals surface area (Å²) < 4.78 is 17.2. The molecule has 20 heavy (non-hydrogen) atoms. The molecule has 1 saturated carbocycles. The van der Waals surface area contributed by atoms with Gasteiger partial charge in [-0.05, 0) is 42.4 Å². The van der Waals surface area contributed by atoms with Gasteiger partial charge in [0.15, 0.2) is 0 Å². The minimum Gasteiger partial charge on any atom is -0.497 e. The summed E-state index contributed by atoms with van der Waals surface area (Å²) in [7, 11) is 0.681. The van der Waals surface area contributed by atoms with Crippen molar-refractivity contribution in [2.75, 3.05) is 18.6 Å². The van der Waals surface area contributed by atoms with Crippen molar-refractivity contribution in [3.05, 3.63) is 29.8 Å². The molecule has 0 amide bonds. The van der Waals surface area contributed by atoms with E-state index in [0.717, 1.165) is 30.6 Å². The molecule has 1 atom stereocenters. The second-order valence-electron chi connectivity index (χ2n) is 5.46. The molecule has 1 fully saturated rings. The van der Waals surface area contributed by atoms with Crippen molar-refractivity contribution < 1.29 is 18.8 Å². The van der Waals surface area contributed by atoms with Crippen LogP contribution in [0.5, 0.6) is 5.75 Å². The number of benzene rings is 1. The van der Waals surface area contributed by atoms with Gasteiger partial charge in [-0.15, -0.1) is 0 Å². The van der Waals surface area contributed by atoms with Gasteiger partial charge in [0, 0.05) is 22.3 Å². The third kappa shape index (κ3) is 4.34.